The first-order chi connectivity index (χ1) is 11.0. The number of hydrogen-bond acceptors (Lipinski definition) is 4. The molecule has 122 valence electrons. The predicted octanol–water partition coefficient (Wildman–Crippen LogP) is 2.76. The molecule has 0 aliphatic carbocycles. The fraction of sp³-hybridized carbons (Fsp3) is 0.353. The third-order valence-corrected chi connectivity index (χ3v) is 3.92. The summed E-state index contributed by atoms with van der Waals surface area (Å²) in [6, 6.07) is 5.72. The van der Waals surface area contributed by atoms with Gasteiger partial charge in [-0.2, -0.15) is 11.3 Å². The summed E-state index contributed by atoms with van der Waals surface area (Å²) in [6.07, 6.45) is 0.267. The smallest absolute Gasteiger partial charge is 0.253 e. The number of aromatic nitrogens is 1. The zero-order valence-electron chi connectivity index (χ0n) is 13.6. The van der Waals surface area contributed by atoms with E-state index in [0.29, 0.717) is 17.8 Å². The molecule has 0 aliphatic heterocycles. The second-order valence-corrected chi connectivity index (χ2v) is 6.35. The van der Waals surface area contributed by atoms with Crippen LogP contribution in [0.25, 0.3) is 11.3 Å². The highest BCUT2D eigenvalue weighted by Crippen LogP contribution is 2.21. The van der Waals surface area contributed by atoms with E-state index in [9.17, 15) is 9.59 Å². The zero-order chi connectivity index (χ0) is 16.8. The second kappa shape index (κ2) is 7.87. The number of hydrogen-bond donors (Lipinski definition) is 2. The number of amides is 2. The molecule has 0 spiro atoms. The van der Waals surface area contributed by atoms with E-state index in [-0.39, 0.29) is 24.3 Å². The van der Waals surface area contributed by atoms with Crippen LogP contribution in [0.15, 0.2) is 29.0 Å². The SMILES string of the molecule is Cc1nc(-c2ccsc2)ccc1C(=O)NCCC(=O)NC(C)C. The van der Waals surface area contributed by atoms with Crippen molar-refractivity contribution in [1.82, 2.24) is 15.6 Å². The van der Waals surface area contributed by atoms with E-state index in [1.54, 1.807) is 17.4 Å². The Bertz CT molecular complexity index is 681. The Kier molecular flexibility index (Phi) is 5.87. The monoisotopic (exact) mass is 331 g/mol. The lowest BCUT2D eigenvalue weighted by Crippen LogP contribution is -2.34. The molecule has 0 bridgehead atoms. The first-order valence-electron chi connectivity index (χ1n) is 7.55. The summed E-state index contributed by atoms with van der Waals surface area (Å²) in [5.74, 6) is -0.271. The maximum atomic E-state index is 12.2. The minimum atomic E-state index is -0.204. The normalized spacial score (nSPS) is 10.6. The van der Waals surface area contributed by atoms with Crippen LogP contribution in [-0.4, -0.2) is 29.4 Å². The number of nitrogens with zero attached hydrogens (tertiary/aromatic N) is 1. The Morgan fingerprint density at radius 2 is 2.04 bits per heavy atom. The van der Waals surface area contributed by atoms with Crippen LogP contribution in [0.5, 0.6) is 0 Å². The van der Waals surface area contributed by atoms with Gasteiger partial charge >= 0.3 is 0 Å². The molecule has 0 atom stereocenters. The summed E-state index contributed by atoms with van der Waals surface area (Å²) in [5, 5.41) is 9.57. The Morgan fingerprint density at radius 3 is 2.65 bits per heavy atom. The van der Waals surface area contributed by atoms with E-state index in [1.807, 2.05) is 43.7 Å². The Morgan fingerprint density at radius 1 is 1.26 bits per heavy atom. The van der Waals surface area contributed by atoms with Gasteiger partial charge in [0.15, 0.2) is 0 Å². The molecule has 6 heteroatoms. The van der Waals surface area contributed by atoms with Gasteiger partial charge in [0, 0.05) is 30.0 Å². The van der Waals surface area contributed by atoms with E-state index in [0.717, 1.165) is 11.3 Å². The van der Waals surface area contributed by atoms with Crippen molar-refractivity contribution in [2.75, 3.05) is 6.54 Å². The third-order valence-electron chi connectivity index (χ3n) is 3.23. The quantitative estimate of drug-likeness (QED) is 0.855. The highest BCUT2D eigenvalue weighted by molar-refractivity contribution is 7.08. The lowest BCUT2D eigenvalue weighted by atomic mass is 10.1. The van der Waals surface area contributed by atoms with Gasteiger partial charge in [0.1, 0.15) is 0 Å². The third kappa shape index (κ3) is 4.89. The zero-order valence-corrected chi connectivity index (χ0v) is 14.4. The van der Waals surface area contributed by atoms with Gasteiger partial charge in [-0.25, -0.2) is 0 Å². The van der Waals surface area contributed by atoms with E-state index >= 15 is 0 Å². The van der Waals surface area contributed by atoms with Gasteiger partial charge in [0.05, 0.1) is 17.0 Å². The molecule has 2 aromatic rings. The van der Waals surface area contributed by atoms with Gasteiger partial charge in [-0.1, -0.05) is 0 Å². The summed E-state index contributed by atoms with van der Waals surface area (Å²) in [5.41, 5.74) is 3.12. The molecule has 5 nitrogen and oxygen atoms in total. The van der Waals surface area contributed by atoms with Gasteiger partial charge in [-0.3, -0.25) is 14.6 Å². The maximum Gasteiger partial charge on any atom is 0.253 e. The van der Waals surface area contributed by atoms with Crippen molar-refractivity contribution in [3.63, 3.8) is 0 Å². The number of rotatable bonds is 6. The standard InChI is InChI=1S/C17H21N3O2S/c1-11(2)19-16(21)6-8-18-17(22)14-4-5-15(20-12(14)3)13-7-9-23-10-13/h4-5,7,9-11H,6,8H2,1-3H3,(H,18,22)(H,19,21). The summed E-state index contributed by atoms with van der Waals surface area (Å²) < 4.78 is 0. The Balaban J connectivity index is 1.93. The molecule has 2 heterocycles. The number of carbonyl (C=O) groups excluding carboxylic acids is 2. The predicted molar refractivity (Wildman–Crippen MR) is 92.5 cm³/mol. The summed E-state index contributed by atoms with van der Waals surface area (Å²) in [4.78, 5) is 28.2. The van der Waals surface area contributed by atoms with E-state index < -0.39 is 0 Å². The lowest BCUT2D eigenvalue weighted by molar-refractivity contribution is -0.121. The highest BCUT2D eigenvalue weighted by atomic mass is 32.1. The van der Waals surface area contributed by atoms with Crippen LogP contribution in [0.1, 0.15) is 36.3 Å². The fourth-order valence-electron chi connectivity index (χ4n) is 2.15. The molecule has 0 aromatic carbocycles. The molecule has 0 saturated heterocycles. The van der Waals surface area contributed by atoms with Crippen LogP contribution in [0, 0.1) is 6.92 Å². The first-order valence-corrected chi connectivity index (χ1v) is 8.49. The van der Waals surface area contributed by atoms with E-state index in [2.05, 4.69) is 15.6 Å². The van der Waals surface area contributed by atoms with Gasteiger partial charge in [0.25, 0.3) is 5.91 Å². The largest absolute Gasteiger partial charge is 0.354 e. The van der Waals surface area contributed by atoms with E-state index in [4.69, 9.17) is 0 Å². The van der Waals surface area contributed by atoms with Crippen LogP contribution in [-0.2, 0) is 4.79 Å². The molecule has 2 N–H and O–H groups in total. The highest BCUT2D eigenvalue weighted by Gasteiger charge is 2.12. The molecule has 0 saturated carbocycles. The molecule has 0 aliphatic rings. The Hall–Kier alpha value is -2.21. The topological polar surface area (TPSA) is 71.1 Å². The molecule has 0 radical (unpaired) electrons. The van der Waals surface area contributed by atoms with Crippen molar-refractivity contribution in [3.8, 4) is 11.3 Å². The van der Waals surface area contributed by atoms with Crippen molar-refractivity contribution in [2.24, 2.45) is 0 Å². The van der Waals surface area contributed by atoms with Crippen LogP contribution >= 0.6 is 11.3 Å². The molecule has 0 fully saturated rings. The molecule has 0 unspecified atom stereocenters. The molecular formula is C17H21N3O2S. The van der Waals surface area contributed by atoms with Crippen molar-refractivity contribution >= 4 is 23.2 Å². The molecular weight excluding hydrogens is 310 g/mol. The number of aryl methyl sites for hydroxylation is 1. The van der Waals surface area contributed by atoms with Crippen molar-refractivity contribution in [2.45, 2.75) is 33.2 Å². The van der Waals surface area contributed by atoms with Crippen LogP contribution in [0.2, 0.25) is 0 Å². The summed E-state index contributed by atoms with van der Waals surface area (Å²) >= 11 is 1.61. The van der Waals surface area contributed by atoms with Gasteiger partial charge in [-0.15, -0.1) is 0 Å². The summed E-state index contributed by atoms with van der Waals surface area (Å²) in [7, 11) is 0. The minimum absolute atomic E-state index is 0.0667. The molecule has 2 aromatic heterocycles. The van der Waals surface area contributed by atoms with Crippen LogP contribution in [0.4, 0.5) is 0 Å². The molecule has 2 amide bonds. The van der Waals surface area contributed by atoms with Crippen molar-refractivity contribution < 1.29 is 9.59 Å². The van der Waals surface area contributed by atoms with Gasteiger partial charge in [0.2, 0.25) is 5.91 Å². The lowest BCUT2D eigenvalue weighted by Gasteiger charge is -2.10. The number of nitrogens with one attached hydrogen (secondary N) is 2. The molecule has 23 heavy (non-hydrogen) atoms. The maximum absolute atomic E-state index is 12.2. The average Bonchev–Trinajstić information content (AvgIpc) is 3.00. The van der Waals surface area contributed by atoms with Crippen LogP contribution < -0.4 is 10.6 Å². The first kappa shape index (κ1) is 17.1. The number of thiophene rings is 1. The number of carbonyl (C=O) groups is 2. The van der Waals surface area contributed by atoms with Crippen molar-refractivity contribution in [1.29, 1.82) is 0 Å². The number of pyridine rings is 1. The van der Waals surface area contributed by atoms with Gasteiger partial charge in [-0.05, 0) is 44.4 Å². The second-order valence-electron chi connectivity index (χ2n) is 5.57. The van der Waals surface area contributed by atoms with Gasteiger partial charge < -0.3 is 10.6 Å². The van der Waals surface area contributed by atoms with Crippen molar-refractivity contribution in [3.05, 3.63) is 40.2 Å². The summed E-state index contributed by atoms with van der Waals surface area (Å²) in [6.45, 7) is 5.93. The molecule has 2 rings (SSSR count). The Labute approximate surface area is 140 Å². The van der Waals surface area contributed by atoms with E-state index in [1.165, 1.54) is 0 Å². The van der Waals surface area contributed by atoms with Crippen LogP contribution in [0.3, 0.4) is 0 Å². The fourth-order valence-corrected chi connectivity index (χ4v) is 2.80. The average molecular weight is 331 g/mol. The minimum Gasteiger partial charge on any atom is -0.354 e.